The molecule has 4 nitrogen and oxygen atoms in total. The van der Waals surface area contributed by atoms with Crippen molar-refractivity contribution in [1.29, 1.82) is 0 Å². The quantitative estimate of drug-likeness (QED) is 0.378. The monoisotopic (exact) mass is 568 g/mol. The number of nitrogens with one attached hydrogen (secondary N) is 2. The first-order valence-corrected chi connectivity index (χ1v) is 12.3. The molecular formula is C25H24Cl2F6N2O2. The van der Waals surface area contributed by atoms with Crippen LogP contribution in [0.5, 0.6) is 0 Å². The van der Waals surface area contributed by atoms with E-state index in [2.05, 4.69) is 10.6 Å². The summed E-state index contributed by atoms with van der Waals surface area (Å²) in [4.78, 5) is 13.0. The van der Waals surface area contributed by atoms with Crippen molar-refractivity contribution in [2.24, 2.45) is 5.92 Å². The summed E-state index contributed by atoms with van der Waals surface area (Å²) in [5.74, 6) is -0.560. The molecule has 4 rings (SSSR count). The lowest BCUT2D eigenvalue weighted by atomic mass is 9.88. The molecule has 2 N–H and O–H groups in total. The largest absolute Gasteiger partial charge is 0.416 e. The van der Waals surface area contributed by atoms with Gasteiger partial charge in [-0.15, -0.1) is 0 Å². The van der Waals surface area contributed by atoms with Crippen LogP contribution >= 0.6 is 23.2 Å². The van der Waals surface area contributed by atoms with Crippen molar-refractivity contribution in [3.8, 4) is 0 Å². The minimum Gasteiger partial charge on any atom is -0.372 e. The molecule has 2 bridgehead atoms. The van der Waals surface area contributed by atoms with Gasteiger partial charge in [0.2, 0.25) is 5.91 Å². The summed E-state index contributed by atoms with van der Waals surface area (Å²) >= 11 is 12.1. The fourth-order valence-corrected chi connectivity index (χ4v) is 5.63. The third-order valence-corrected chi connectivity index (χ3v) is 7.59. The van der Waals surface area contributed by atoms with E-state index in [4.69, 9.17) is 27.9 Å². The molecule has 0 radical (unpaired) electrons. The van der Waals surface area contributed by atoms with Crippen LogP contribution in [-0.4, -0.2) is 23.6 Å². The lowest BCUT2D eigenvalue weighted by Crippen LogP contribution is -2.55. The molecular weight excluding hydrogens is 545 g/mol. The molecule has 0 saturated carbocycles. The van der Waals surface area contributed by atoms with Gasteiger partial charge in [0.15, 0.2) is 0 Å². The molecule has 2 aliphatic heterocycles. The molecule has 1 amide bonds. The summed E-state index contributed by atoms with van der Waals surface area (Å²) in [6, 6.07) is 6.28. The van der Waals surface area contributed by atoms with Gasteiger partial charge in [0.25, 0.3) is 0 Å². The molecule has 2 fully saturated rings. The molecule has 2 saturated heterocycles. The summed E-state index contributed by atoms with van der Waals surface area (Å²) < 4.78 is 84.9. The van der Waals surface area contributed by atoms with Gasteiger partial charge in [-0.1, -0.05) is 29.3 Å². The zero-order chi connectivity index (χ0) is 27.2. The van der Waals surface area contributed by atoms with Crippen LogP contribution in [0.25, 0.3) is 0 Å². The van der Waals surface area contributed by atoms with Crippen LogP contribution in [-0.2, 0) is 35.0 Å². The molecule has 37 heavy (non-hydrogen) atoms. The maximum absolute atomic E-state index is 13.2. The Bertz CT molecular complexity index is 1140. The Morgan fingerprint density at radius 1 is 1.05 bits per heavy atom. The lowest BCUT2D eigenvalue weighted by Gasteiger charge is -2.39. The number of fused-ring (bicyclic) bond motifs is 2. The van der Waals surface area contributed by atoms with Gasteiger partial charge < -0.3 is 15.4 Å². The van der Waals surface area contributed by atoms with Crippen molar-refractivity contribution in [2.75, 3.05) is 0 Å². The second-order valence-corrected chi connectivity index (χ2v) is 10.6. The molecule has 202 valence electrons. The molecule has 12 heteroatoms. The Balaban J connectivity index is 1.41. The molecule has 2 aromatic carbocycles. The molecule has 4 atom stereocenters. The molecule has 0 spiro atoms. The summed E-state index contributed by atoms with van der Waals surface area (Å²) in [6.07, 6.45) is -8.88. The van der Waals surface area contributed by atoms with Crippen molar-refractivity contribution >= 4 is 29.1 Å². The number of carbonyl (C=O) groups excluding carboxylic acids is 1. The fourth-order valence-electron chi connectivity index (χ4n) is 5.15. The lowest BCUT2D eigenvalue weighted by molar-refractivity contribution is -0.143. The Kier molecular flexibility index (Phi) is 7.78. The van der Waals surface area contributed by atoms with Crippen LogP contribution in [0.3, 0.4) is 0 Å². The van der Waals surface area contributed by atoms with Crippen LogP contribution in [0.15, 0.2) is 36.4 Å². The van der Waals surface area contributed by atoms with E-state index >= 15 is 0 Å². The van der Waals surface area contributed by atoms with E-state index in [-0.39, 0.29) is 36.0 Å². The average molecular weight is 569 g/mol. The number of amides is 1. The van der Waals surface area contributed by atoms with Gasteiger partial charge in [-0.2, -0.15) is 26.3 Å². The van der Waals surface area contributed by atoms with Gasteiger partial charge in [0.1, 0.15) is 0 Å². The highest BCUT2D eigenvalue weighted by Gasteiger charge is 2.52. The Labute approximate surface area is 219 Å². The van der Waals surface area contributed by atoms with E-state index in [0.717, 1.165) is 0 Å². The molecule has 2 heterocycles. The van der Waals surface area contributed by atoms with E-state index in [9.17, 15) is 31.1 Å². The van der Waals surface area contributed by atoms with Gasteiger partial charge >= 0.3 is 12.4 Å². The maximum atomic E-state index is 13.2. The molecule has 4 unspecified atom stereocenters. The minimum absolute atomic E-state index is 0.0922. The number of hydrogen-bond donors (Lipinski definition) is 2. The SMILES string of the molecule is CC12CC(C(=O)NCc3ccc(Cl)cc3Cl)C(CCC1OCc1cc(C(F)(F)F)cc(C(F)(F)F)c1)N2. The summed E-state index contributed by atoms with van der Waals surface area (Å²) in [6.45, 7) is 1.64. The zero-order valence-electron chi connectivity index (χ0n) is 19.6. The van der Waals surface area contributed by atoms with Gasteiger partial charge in [0.05, 0.1) is 29.8 Å². The Morgan fingerprint density at radius 3 is 2.30 bits per heavy atom. The maximum Gasteiger partial charge on any atom is 0.416 e. The average Bonchev–Trinajstić information content (AvgIpc) is 3.07. The third-order valence-electron chi connectivity index (χ3n) is 7.00. The number of hydrogen-bond acceptors (Lipinski definition) is 3. The predicted octanol–water partition coefficient (Wildman–Crippen LogP) is 6.76. The highest BCUT2D eigenvalue weighted by atomic mass is 35.5. The molecule has 2 aliphatic rings. The summed E-state index contributed by atoms with van der Waals surface area (Å²) in [7, 11) is 0. The highest BCUT2D eigenvalue weighted by Crippen LogP contribution is 2.42. The fraction of sp³-hybridized carbons (Fsp3) is 0.480. The molecule has 0 aromatic heterocycles. The minimum atomic E-state index is -4.93. The van der Waals surface area contributed by atoms with Crippen LogP contribution in [0.1, 0.15) is 48.4 Å². The Morgan fingerprint density at radius 2 is 1.70 bits per heavy atom. The standard InChI is InChI=1S/C25H24Cl2F6N2O2/c1-23-10-18(22(36)34-11-14-2-3-17(26)9-19(14)27)20(35-23)4-5-21(23)37-12-13-6-15(24(28,29)30)8-16(7-13)25(31,32)33/h2-3,6-9,18,20-21,35H,4-5,10-12H2,1H3,(H,34,36). The second-order valence-electron chi connectivity index (χ2n) is 9.72. The van der Waals surface area contributed by atoms with E-state index in [1.807, 2.05) is 6.92 Å². The zero-order valence-corrected chi connectivity index (χ0v) is 21.1. The first-order valence-electron chi connectivity index (χ1n) is 11.5. The van der Waals surface area contributed by atoms with Crippen molar-refractivity contribution in [3.63, 3.8) is 0 Å². The predicted molar refractivity (Wildman–Crippen MR) is 126 cm³/mol. The highest BCUT2D eigenvalue weighted by molar-refractivity contribution is 6.35. The summed E-state index contributed by atoms with van der Waals surface area (Å²) in [5, 5.41) is 7.18. The number of halogens is 8. The van der Waals surface area contributed by atoms with Crippen LogP contribution in [0, 0.1) is 5.92 Å². The number of ether oxygens (including phenoxy) is 1. The number of benzene rings is 2. The van der Waals surface area contributed by atoms with Gasteiger partial charge in [-0.25, -0.2) is 0 Å². The van der Waals surface area contributed by atoms with E-state index in [0.29, 0.717) is 47.0 Å². The topological polar surface area (TPSA) is 50.4 Å². The van der Waals surface area contributed by atoms with Crippen molar-refractivity contribution in [3.05, 3.63) is 68.7 Å². The summed E-state index contributed by atoms with van der Waals surface area (Å²) in [5.41, 5.74) is -2.95. The number of rotatable bonds is 6. The molecule has 2 aromatic rings. The first kappa shape index (κ1) is 28.0. The Hall–Kier alpha value is -2.01. The smallest absolute Gasteiger partial charge is 0.372 e. The normalized spacial score (nSPS) is 25.8. The number of alkyl halides is 6. The van der Waals surface area contributed by atoms with E-state index in [1.54, 1.807) is 18.2 Å². The van der Waals surface area contributed by atoms with E-state index < -0.39 is 41.7 Å². The van der Waals surface area contributed by atoms with Crippen LogP contribution in [0.4, 0.5) is 26.3 Å². The third kappa shape index (κ3) is 6.35. The van der Waals surface area contributed by atoms with E-state index in [1.165, 1.54) is 0 Å². The van der Waals surface area contributed by atoms with Gasteiger partial charge in [0, 0.05) is 28.2 Å². The van der Waals surface area contributed by atoms with Crippen LogP contribution in [0.2, 0.25) is 10.0 Å². The van der Waals surface area contributed by atoms with Crippen LogP contribution < -0.4 is 10.6 Å². The van der Waals surface area contributed by atoms with Crippen molar-refractivity contribution in [1.82, 2.24) is 10.6 Å². The number of carbonyl (C=O) groups is 1. The van der Waals surface area contributed by atoms with Gasteiger partial charge in [-0.05, 0) is 67.6 Å². The number of piperidine rings is 1. The second kappa shape index (κ2) is 10.3. The first-order chi connectivity index (χ1) is 17.2. The van der Waals surface area contributed by atoms with Gasteiger partial charge in [-0.3, -0.25) is 4.79 Å². The van der Waals surface area contributed by atoms with Crippen molar-refractivity contribution in [2.45, 2.75) is 69.4 Å². The molecule has 0 aliphatic carbocycles. The van der Waals surface area contributed by atoms with Crippen molar-refractivity contribution < 1.29 is 35.9 Å².